The minimum atomic E-state index is -0.513. The number of benzene rings is 2. The molecule has 0 spiro atoms. The van der Waals surface area contributed by atoms with E-state index in [1.165, 1.54) is 6.92 Å². The van der Waals surface area contributed by atoms with Gasteiger partial charge >= 0.3 is 0 Å². The number of carbonyl (C=O) groups is 2. The number of rotatable bonds is 11. The Morgan fingerprint density at radius 1 is 1.17 bits per heavy atom. The van der Waals surface area contributed by atoms with Crippen LogP contribution < -0.4 is 14.8 Å². The number of nitrogens with one attached hydrogen (secondary N) is 2. The van der Waals surface area contributed by atoms with Gasteiger partial charge in [-0.15, -0.1) is 10.2 Å². The summed E-state index contributed by atoms with van der Waals surface area (Å²) < 4.78 is 11.6. The average molecular weight is 511 g/mol. The van der Waals surface area contributed by atoms with Gasteiger partial charge in [0.1, 0.15) is 17.2 Å². The average Bonchev–Trinajstić information content (AvgIpc) is 3.33. The number of aryl methyl sites for hydroxylation is 1. The zero-order chi connectivity index (χ0) is 24.7. The molecule has 1 heterocycles. The van der Waals surface area contributed by atoms with Gasteiger partial charge in [0.05, 0.1) is 23.8 Å². The number of ether oxygens (including phenoxy) is 2. The fourth-order valence-electron chi connectivity index (χ4n) is 3.29. The third kappa shape index (κ3) is 7.41. The molecule has 0 atom stereocenters. The Hall–Kier alpha value is -2.66. The van der Waals surface area contributed by atoms with Crippen molar-refractivity contribution in [3.05, 3.63) is 51.8 Å². The molecule has 12 heteroatoms. The molecular weight excluding hydrogens is 485 g/mol. The van der Waals surface area contributed by atoms with Gasteiger partial charge in [0.15, 0.2) is 5.78 Å². The number of H-pyrrole nitrogens is 1. The summed E-state index contributed by atoms with van der Waals surface area (Å²) in [5, 5.41) is 26.4. The van der Waals surface area contributed by atoms with E-state index in [1.807, 2.05) is 6.92 Å². The molecule has 0 aliphatic heterocycles. The van der Waals surface area contributed by atoms with Crippen LogP contribution in [0.5, 0.6) is 17.2 Å². The van der Waals surface area contributed by atoms with Crippen LogP contribution in [0.25, 0.3) is 0 Å². The number of aromatic nitrogens is 4. The first-order chi connectivity index (χ1) is 16.3. The summed E-state index contributed by atoms with van der Waals surface area (Å²) in [5.74, 6) is 0.136. The molecule has 2 aromatic carbocycles. The number of hydrogen-bond acceptors (Lipinski definition) is 8. The summed E-state index contributed by atoms with van der Waals surface area (Å²) in [7, 11) is 0. The maximum absolute atomic E-state index is 12.2. The second-order valence-corrected chi connectivity index (χ2v) is 7.99. The second-order valence-electron chi connectivity index (χ2n) is 7.58. The number of amides is 1. The van der Waals surface area contributed by atoms with Gasteiger partial charge in [-0.05, 0) is 49.2 Å². The second kappa shape index (κ2) is 13.4. The predicted octanol–water partition coefficient (Wildman–Crippen LogP) is 3.74. The van der Waals surface area contributed by atoms with Crippen molar-refractivity contribution < 1.29 is 24.2 Å². The molecule has 0 aliphatic rings. The molecule has 3 N–H and O–H groups in total. The van der Waals surface area contributed by atoms with Crippen LogP contribution in [0.4, 0.5) is 5.69 Å². The van der Waals surface area contributed by atoms with E-state index in [1.54, 1.807) is 31.2 Å². The van der Waals surface area contributed by atoms with Crippen LogP contribution in [0, 0.1) is 6.92 Å². The van der Waals surface area contributed by atoms with E-state index in [4.69, 9.17) is 21.1 Å². The smallest absolute Gasteiger partial charge is 0.297 e. The van der Waals surface area contributed by atoms with E-state index in [0.29, 0.717) is 53.8 Å². The largest absolute Gasteiger partial charge is 0.507 e. The molecule has 3 rings (SSSR count). The van der Waals surface area contributed by atoms with Crippen molar-refractivity contribution in [1.82, 2.24) is 20.6 Å². The molecule has 0 saturated carbocycles. The molecule has 0 aliphatic carbocycles. The van der Waals surface area contributed by atoms with Crippen LogP contribution in [0.2, 0.25) is 5.02 Å². The van der Waals surface area contributed by atoms with Crippen molar-refractivity contribution >= 4 is 58.5 Å². The van der Waals surface area contributed by atoms with Gasteiger partial charge in [0.25, 0.3) is 11.7 Å². The molecule has 10 nitrogen and oxygen atoms in total. The Morgan fingerprint density at radius 2 is 1.89 bits per heavy atom. The first kappa shape index (κ1) is 28.6. The fourth-order valence-corrected chi connectivity index (χ4v) is 3.56. The molecule has 181 valence electrons. The van der Waals surface area contributed by atoms with Crippen LogP contribution >= 0.6 is 11.6 Å². The quantitative estimate of drug-likeness (QED) is 0.201. The Bertz CT molecular complexity index is 1170. The van der Waals surface area contributed by atoms with Crippen LogP contribution in [-0.4, -0.2) is 80.2 Å². The number of Topliss-reactive ketones (excluding diaryl/α,β-unsaturated/α-hetero) is 1. The van der Waals surface area contributed by atoms with Gasteiger partial charge in [-0.25, -0.2) is 0 Å². The predicted molar refractivity (Wildman–Crippen MR) is 132 cm³/mol. The van der Waals surface area contributed by atoms with Gasteiger partial charge in [-0.3, -0.25) is 9.59 Å². The number of phenols is 1. The third-order valence-electron chi connectivity index (χ3n) is 5.00. The molecule has 0 saturated heterocycles. The van der Waals surface area contributed by atoms with Gasteiger partial charge in [-0.1, -0.05) is 24.9 Å². The van der Waals surface area contributed by atoms with E-state index in [2.05, 4.69) is 25.9 Å². The molecular formula is C23H26ClN5NaO5. The topological polar surface area (TPSA) is 139 Å². The van der Waals surface area contributed by atoms with E-state index in [0.717, 1.165) is 12.0 Å². The number of ketones is 1. The van der Waals surface area contributed by atoms with E-state index in [9.17, 15) is 14.7 Å². The molecule has 0 bridgehead atoms. The molecule has 1 radical (unpaired) electrons. The molecule has 35 heavy (non-hydrogen) atoms. The Balaban J connectivity index is 0.00000432. The summed E-state index contributed by atoms with van der Waals surface area (Å²) in [4.78, 5) is 23.9. The zero-order valence-corrected chi connectivity index (χ0v) is 22.9. The first-order valence-electron chi connectivity index (χ1n) is 10.8. The van der Waals surface area contributed by atoms with Crippen LogP contribution in [0.1, 0.15) is 58.8 Å². The monoisotopic (exact) mass is 510 g/mol. The van der Waals surface area contributed by atoms with E-state index >= 15 is 0 Å². The molecule has 3 aromatic rings. The number of aromatic amines is 1. The maximum Gasteiger partial charge on any atom is 0.297 e. The number of anilines is 1. The van der Waals surface area contributed by atoms with Crippen molar-refractivity contribution in [1.29, 1.82) is 0 Å². The summed E-state index contributed by atoms with van der Waals surface area (Å²) >= 11 is 6.30. The summed E-state index contributed by atoms with van der Waals surface area (Å²) in [6.45, 7) is 5.85. The molecule has 1 aromatic heterocycles. The van der Waals surface area contributed by atoms with Gasteiger partial charge in [0.2, 0.25) is 0 Å². The standard InChI is InChI=1S/C23H26ClN5O5.Na/c1-4-6-16-19(8-7-15(14(3)30)21(16)31)33-9-5-10-34-20-12-18(13(2)11-17(20)24)25-23(32)22-26-28-29-27-22;/h7-8,11-12,31H,4-6,9-10H2,1-3H3,(H,25,32)(H,26,27,28,29);. The minimum Gasteiger partial charge on any atom is -0.507 e. The molecule has 1 amide bonds. The fraction of sp³-hybridized carbons (Fsp3) is 0.348. The van der Waals surface area contributed by atoms with E-state index in [-0.39, 0.29) is 52.5 Å². The van der Waals surface area contributed by atoms with Crippen molar-refractivity contribution in [2.75, 3.05) is 18.5 Å². The van der Waals surface area contributed by atoms with Crippen LogP contribution in [0.3, 0.4) is 0 Å². The van der Waals surface area contributed by atoms with Gasteiger partial charge in [-0.2, -0.15) is 5.21 Å². The van der Waals surface area contributed by atoms with Crippen LogP contribution in [-0.2, 0) is 6.42 Å². The maximum atomic E-state index is 12.2. The van der Waals surface area contributed by atoms with Gasteiger partial charge < -0.3 is 19.9 Å². The Labute approximate surface area is 230 Å². The number of nitrogens with zero attached hydrogens (tertiary/aromatic N) is 3. The summed E-state index contributed by atoms with van der Waals surface area (Å²) in [5.41, 5.74) is 2.17. The van der Waals surface area contributed by atoms with E-state index < -0.39 is 5.91 Å². The van der Waals surface area contributed by atoms with Crippen LogP contribution in [0.15, 0.2) is 24.3 Å². The Morgan fingerprint density at radius 3 is 2.51 bits per heavy atom. The van der Waals surface area contributed by atoms with Crippen molar-refractivity contribution in [3.63, 3.8) is 0 Å². The first-order valence-corrected chi connectivity index (χ1v) is 11.2. The number of aromatic hydroxyl groups is 1. The summed E-state index contributed by atoms with van der Waals surface area (Å²) in [6.07, 6.45) is 1.93. The zero-order valence-electron chi connectivity index (χ0n) is 20.1. The summed E-state index contributed by atoms with van der Waals surface area (Å²) in [6, 6.07) is 6.60. The number of hydrogen-bond donors (Lipinski definition) is 3. The SMILES string of the molecule is CCCc1c(OCCCOc2cc(NC(=O)c3nn[nH]n3)c(C)cc2Cl)ccc(C(C)=O)c1O.[Na]. The molecule has 0 fully saturated rings. The minimum absolute atomic E-state index is 0. The normalized spacial score (nSPS) is 10.4. The number of carbonyl (C=O) groups excluding carboxylic acids is 2. The van der Waals surface area contributed by atoms with Gasteiger partial charge in [0, 0.05) is 53.3 Å². The number of halogens is 1. The molecule has 0 unspecified atom stereocenters. The number of tetrazole rings is 1. The Kier molecular flexibility index (Phi) is 11.0. The van der Waals surface area contributed by atoms with Crippen molar-refractivity contribution in [3.8, 4) is 17.2 Å². The van der Waals surface area contributed by atoms with Crippen molar-refractivity contribution in [2.24, 2.45) is 0 Å². The number of phenolic OH excluding ortho intramolecular Hbond substituents is 1. The van der Waals surface area contributed by atoms with Crippen molar-refractivity contribution in [2.45, 2.75) is 40.0 Å². The third-order valence-corrected chi connectivity index (χ3v) is 5.29.